The van der Waals surface area contributed by atoms with Gasteiger partial charge < -0.3 is 9.47 Å². The molecule has 2 aromatic rings. The number of halogens is 3. The van der Waals surface area contributed by atoms with Gasteiger partial charge in [-0.3, -0.25) is 0 Å². The molecule has 1 fully saturated rings. The lowest BCUT2D eigenvalue weighted by molar-refractivity contribution is 0.144. The molecule has 0 bridgehead atoms. The molecule has 0 atom stereocenters. The maximum atomic E-state index is 15.0. The number of rotatable bonds is 10. The molecule has 1 aliphatic carbocycles. The standard InChI is InChI=1S/C29H31F3O2/c1-5-21-7-11-23(12-8-21)25-15-16-26(29(32)28(25)31)24-13-9-22(10-14-24)18-34-19(3)17-27(30)20(4)33-6-2/h5,7-8,11-12,15-17,22,24H,1,3-4,6,9-10,13-14,18H2,2H3/b27-17+. The smallest absolute Gasteiger partial charge is 0.168 e. The third-order valence-electron chi connectivity index (χ3n) is 6.23. The van der Waals surface area contributed by atoms with E-state index in [1.54, 1.807) is 37.3 Å². The van der Waals surface area contributed by atoms with Gasteiger partial charge in [0, 0.05) is 11.6 Å². The normalized spacial score (nSPS) is 18.3. The van der Waals surface area contributed by atoms with Crippen LogP contribution < -0.4 is 0 Å². The third kappa shape index (κ3) is 6.22. The van der Waals surface area contributed by atoms with Crippen LogP contribution in [0.25, 0.3) is 17.2 Å². The van der Waals surface area contributed by atoms with E-state index in [0.717, 1.165) is 37.3 Å². The molecule has 0 unspecified atom stereocenters. The summed E-state index contributed by atoms with van der Waals surface area (Å²) in [6.45, 7) is 13.4. The van der Waals surface area contributed by atoms with Crippen molar-refractivity contribution in [1.29, 1.82) is 0 Å². The first-order valence-electron chi connectivity index (χ1n) is 11.6. The summed E-state index contributed by atoms with van der Waals surface area (Å²) in [5.74, 6) is -1.85. The zero-order chi connectivity index (χ0) is 24.7. The van der Waals surface area contributed by atoms with Crippen LogP contribution in [0.3, 0.4) is 0 Å². The third-order valence-corrected chi connectivity index (χ3v) is 6.23. The largest absolute Gasteiger partial charge is 0.494 e. The molecule has 34 heavy (non-hydrogen) atoms. The summed E-state index contributed by atoms with van der Waals surface area (Å²) in [4.78, 5) is 0. The summed E-state index contributed by atoms with van der Waals surface area (Å²) in [6, 6.07) is 10.5. The van der Waals surface area contributed by atoms with Gasteiger partial charge in [-0.1, -0.05) is 62.2 Å². The van der Waals surface area contributed by atoms with E-state index in [1.165, 1.54) is 0 Å². The van der Waals surface area contributed by atoms with Gasteiger partial charge in [-0.25, -0.2) is 13.2 Å². The quantitative estimate of drug-likeness (QED) is 0.257. The van der Waals surface area contributed by atoms with Crippen LogP contribution in [0.4, 0.5) is 13.2 Å². The molecule has 0 aliphatic heterocycles. The first kappa shape index (κ1) is 25.4. The van der Waals surface area contributed by atoms with E-state index in [-0.39, 0.29) is 28.9 Å². The topological polar surface area (TPSA) is 18.5 Å². The maximum absolute atomic E-state index is 15.0. The Balaban J connectivity index is 1.57. The average molecular weight is 469 g/mol. The van der Waals surface area contributed by atoms with E-state index in [2.05, 4.69) is 19.7 Å². The van der Waals surface area contributed by atoms with E-state index in [4.69, 9.17) is 9.47 Å². The number of benzene rings is 2. The van der Waals surface area contributed by atoms with Crippen molar-refractivity contribution in [2.24, 2.45) is 5.92 Å². The highest BCUT2D eigenvalue weighted by atomic mass is 19.2. The average Bonchev–Trinajstić information content (AvgIpc) is 2.85. The van der Waals surface area contributed by atoms with E-state index >= 15 is 0 Å². The molecule has 2 nitrogen and oxygen atoms in total. The molecular formula is C29H31F3O2. The first-order valence-corrected chi connectivity index (χ1v) is 11.6. The summed E-state index contributed by atoms with van der Waals surface area (Å²) in [5, 5.41) is 0. The van der Waals surface area contributed by atoms with Gasteiger partial charge in [-0.05, 0) is 61.1 Å². The Morgan fingerprint density at radius 3 is 2.26 bits per heavy atom. The van der Waals surface area contributed by atoms with Gasteiger partial charge in [-0.15, -0.1) is 0 Å². The van der Waals surface area contributed by atoms with Crippen LogP contribution in [-0.4, -0.2) is 13.2 Å². The molecule has 5 heteroatoms. The van der Waals surface area contributed by atoms with Crippen LogP contribution in [0.5, 0.6) is 0 Å². The lowest BCUT2D eigenvalue weighted by Crippen LogP contribution is -2.18. The molecule has 0 saturated heterocycles. The Morgan fingerprint density at radius 1 is 0.971 bits per heavy atom. The van der Waals surface area contributed by atoms with Gasteiger partial charge in [0.2, 0.25) is 0 Å². The molecule has 3 rings (SSSR count). The van der Waals surface area contributed by atoms with Crippen molar-refractivity contribution in [1.82, 2.24) is 0 Å². The molecule has 0 spiro atoms. The van der Waals surface area contributed by atoms with Gasteiger partial charge >= 0.3 is 0 Å². The molecular weight excluding hydrogens is 437 g/mol. The summed E-state index contributed by atoms with van der Waals surface area (Å²) in [5.41, 5.74) is 2.23. The Kier molecular flexibility index (Phi) is 8.80. The minimum absolute atomic E-state index is 0.0435. The molecule has 0 heterocycles. The maximum Gasteiger partial charge on any atom is 0.168 e. The molecule has 180 valence electrons. The lowest BCUT2D eigenvalue weighted by Gasteiger charge is -2.29. The highest BCUT2D eigenvalue weighted by molar-refractivity contribution is 5.66. The molecule has 0 radical (unpaired) electrons. The SMILES string of the molecule is C=Cc1ccc(-c2ccc(C3CCC(COC(=C)/C=C(/F)C(=C)OCC)CC3)c(F)c2F)cc1. The highest BCUT2D eigenvalue weighted by Gasteiger charge is 2.27. The summed E-state index contributed by atoms with van der Waals surface area (Å²) < 4.78 is 54.4. The van der Waals surface area contributed by atoms with E-state index in [0.29, 0.717) is 24.3 Å². The predicted octanol–water partition coefficient (Wildman–Crippen LogP) is 8.48. The van der Waals surface area contributed by atoms with Crippen molar-refractivity contribution in [2.45, 2.75) is 38.5 Å². The molecule has 0 amide bonds. The van der Waals surface area contributed by atoms with Crippen LogP contribution >= 0.6 is 0 Å². The van der Waals surface area contributed by atoms with Gasteiger partial charge in [0.1, 0.15) is 11.5 Å². The van der Waals surface area contributed by atoms with Crippen molar-refractivity contribution in [2.75, 3.05) is 13.2 Å². The lowest BCUT2D eigenvalue weighted by atomic mass is 9.78. The highest BCUT2D eigenvalue weighted by Crippen LogP contribution is 2.39. The van der Waals surface area contributed by atoms with Gasteiger partial charge in [0.15, 0.2) is 17.5 Å². The molecule has 1 aliphatic rings. The van der Waals surface area contributed by atoms with Gasteiger partial charge in [0.25, 0.3) is 0 Å². The summed E-state index contributed by atoms with van der Waals surface area (Å²) in [6.07, 6.45) is 5.94. The second-order valence-corrected chi connectivity index (χ2v) is 8.50. The van der Waals surface area contributed by atoms with Crippen molar-refractivity contribution < 1.29 is 22.6 Å². The zero-order valence-electron chi connectivity index (χ0n) is 19.6. The molecule has 1 saturated carbocycles. The van der Waals surface area contributed by atoms with Crippen LogP contribution in [0.15, 0.2) is 79.6 Å². The molecule has 0 aromatic heterocycles. The number of ether oxygens (including phenoxy) is 2. The van der Waals surface area contributed by atoms with Crippen molar-refractivity contribution in [3.63, 3.8) is 0 Å². The summed E-state index contributed by atoms with van der Waals surface area (Å²) >= 11 is 0. The predicted molar refractivity (Wildman–Crippen MR) is 132 cm³/mol. The van der Waals surface area contributed by atoms with Crippen molar-refractivity contribution >= 4 is 6.08 Å². The Hall–Kier alpha value is -3.21. The number of hydrogen-bond donors (Lipinski definition) is 0. The van der Waals surface area contributed by atoms with Crippen molar-refractivity contribution in [3.05, 3.63) is 102 Å². The Bertz CT molecular complexity index is 1060. The fourth-order valence-corrected chi connectivity index (χ4v) is 4.27. The van der Waals surface area contributed by atoms with Gasteiger partial charge in [-0.2, -0.15) is 0 Å². The van der Waals surface area contributed by atoms with E-state index < -0.39 is 17.5 Å². The second-order valence-electron chi connectivity index (χ2n) is 8.50. The fourth-order valence-electron chi connectivity index (χ4n) is 4.27. The fraction of sp³-hybridized carbons (Fsp3) is 0.310. The van der Waals surface area contributed by atoms with Crippen LogP contribution in [0.1, 0.15) is 49.7 Å². The number of allylic oxidation sites excluding steroid dienone is 2. The minimum Gasteiger partial charge on any atom is -0.494 e. The van der Waals surface area contributed by atoms with E-state index in [1.807, 2.05) is 12.1 Å². The van der Waals surface area contributed by atoms with Gasteiger partial charge in [0.05, 0.1) is 13.2 Å². The zero-order valence-corrected chi connectivity index (χ0v) is 19.6. The van der Waals surface area contributed by atoms with Crippen LogP contribution in [0.2, 0.25) is 0 Å². The molecule has 0 N–H and O–H groups in total. The van der Waals surface area contributed by atoms with Crippen LogP contribution in [0, 0.1) is 17.6 Å². The Morgan fingerprint density at radius 2 is 1.65 bits per heavy atom. The summed E-state index contributed by atoms with van der Waals surface area (Å²) in [7, 11) is 0. The van der Waals surface area contributed by atoms with E-state index in [9.17, 15) is 13.2 Å². The second kappa shape index (κ2) is 11.8. The van der Waals surface area contributed by atoms with Crippen molar-refractivity contribution in [3.8, 4) is 11.1 Å². The monoisotopic (exact) mass is 468 g/mol. The molecule has 2 aromatic carbocycles. The number of hydrogen-bond acceptors (Lipinski definition) is 2. The Labute approximate surface area is 200 Å². The first-order chi connectivity index (χ1) is 16.3. The van der Waals surface area contributed by atoms with Crippen LogP contribution in [-0.2, 0) is 9.47 Å². The minimum atomic E-state index is -0.812.